The lowest BCUT2D eigenvalue weighted by Crippen LogP contribution is -2.15. The highest BCUT2D eigenvalue weighted by atomic mass is 19.4. The highest BCUT2D eigenvalue weighted by Crippen LogP contribution is 2.36. The smallest absolute Gasteiger partial charge is 0.248 e. The number of nitriles is 1. The number of hydrogen-bond donors (Lipinski definition) is 0. The molecular weight excluding hydrogens is 238 g/mol. The molecule has 2 nitrogen and oxygen atoms in total. The molecule has 0 N–H and O–H groups in total. The van der Waals surface area contributed by atoms with Crippen molar-refractivity contribution in [3.05, 3.63) is 28.8 Å². The number of aromatic nitrogens is 1. The molecule has 0 saturated heterocycles. The molecule has 0 aliphatic rings. The van der Waals surface area contributed by atoms with Gasteiger partial charge < -0.3 is 0 Å². The third-order valence-electron chi connectivity index (χ3n) is 1.67. The minimum atomic E-state index is -5.16. The Morgan fingerprint density at radius 3 is 2.25 bits per heavy atom. The predicted molar refractivity (Wildman–Crippen MR) is 38.9 cm³/mol. The maximum Gasteiger partial charge on any atom is 0.433 e. The lowest BCUT2D eigenvalue weighted by molar-refractivity contribution is -0.143. The molecule has 0 saturated carbocycles. The van der Waals surface area contributed by atoms with Crippen LogP contribution in [0.25, 0.3) is 0 Å². The Kier molecular flexibility index (Phi) is 3.07. The number of pyridine rings is 1. The Hall–Kier alpha value is -1.78. The van der Waals surface area contributed by atoms with Crippen molar-refractivity contribution in [3.63, 3.8) is 0 Å². The van der Waals surface area contributed by atoms with E-state index < -0.39 is 35.2 Å². The number of nitrogens with zero attached hydrogens (tertiary/aromatic N) is 2. The topological polar surface area (TPSA) is 36.7 Å². The van der Waals surface area contributed by atoms with Gasteiger partial charge in [-0.25, -0.2) is 18.2 Å². The second kappa shape index (κ2) is 4.00. The summed E-state index contributed by atoms with van der Waals surface area (Å²) in [5.41, 5.74) is -5.01. The van der Waals surface area contributed by atoms with Gasteiger partial charge in [-0.3, -0.25) is 0 Å². The third kappa shape index (κ3) is 2.08. The summed E-state index contributed by atoms with van der Waals surface area (Å²) in [7, 11) is 0. The van der Waals surface area contributed by atoms with E-state index in [1.54, 1.807) is 0 Å². The van der Waals surface area contributed by atoms with Crippen molar-refractivity contribution in [2.24, 2.45) is 0 Å². The Morgan fingerprint density at radius 1 is 1.31 bits per heavy atom. The van der Waals surface area contributed by atoms with Gasteiger partial charge in [-0.05, 0) is 0 Å². The second-order valence-electron chi connectivity index (χ2n) is 2.65. The molecule has 0 bridgehead atoms. The van der Waals surface area contributed by atoms with E-state index in [2.05, 4.69) is 4.98 Å². The van der Waals surface area contributed by atoms with Crippen LogP contribution in [0.15, 0.2) is 6.20 Å². The maximum atomic E-state index is 12.8. The molecule has 8 heteroatoms. The van der Waals surface area contributed by atoms with Crippen molar-refractivity contribution < 1.29 is 26.3 Å². The number of alkyl halides is 5. The zero-order valence-corrected chi connectivity index (χ0v) is 7.32. The van der Waals surface area contributed by atoms with Crippen molar-refractivity contribution in [2.45, 2.75) is 12.6 Å². The van der Waals surface area contributed by atoms with Crippen LogP contribution < -0.4 is 0 Å². The average molecular weight is 240 g/mol. The lowest BCUT2D eigenvalue weighted by Gasteiger charge is -2.12. The fourth-order valence-corrected chi connectivity index (χ4v) is 1.05. The summed E-state index contributed by atoms with van der Waals surface area (Å²) in [6.45, 7) is 0. The van der Waals surface area contributed by atoms with E-state index in [4.69, 9.17) is 5.26 Å². The van der Waals surface area contributed by atoms with E-state index in [0.29, 0.717) is 0 Å². The molecule has 0 spiro atoms. The van der Waals surface area contributed by atoms with E-state index in [1.807, 2.05) is 0 Å². The van der Waals surface area contributed by atoms with Gasteiger partial charge in [-0.1, -0.05) is 0 Å². The summed E-state index contributed by atoms with van der Waals surface area (Å²) < 4.78 is 74.1. The largest absolute Gasteiger partial charge is 0.433 e. The van der Waals surface area contributed by atoms with Crippen molar-refractivity contribution in [2.75, 3.05) is 0 Å². The SMILES string of the molecule is N#Cc1c(F)cnc(C(F)(F)F)c1C(F)F. The van der Waals surface area contributed by atoms with Crippen LogP contribution in [0.3, 0.4) is 0 Å². The van der Waals surface area contributed by atoms with E-state index in [1.165, 1.54) is 0 Å². The average Bonchev–Trinajstić information content (AvgIpc) is 2.14. The Morgan fingerprint density at radius 2 is 1.88 bits per heavy atom. The van der Waals surface area contributed by atoms with Crippen LogP contribution in [0.1, 0.15) is 23.2 Å². The van der Waals surface area contributed by atoms with Crippen molar-refractivity contribution in [1.82, 2.24) is 4.98 Å². The van der Waals surface area contributed by atoms with Gasteiger partial charge in [-0.2, -0.15) is 18.4 Å². The minimum absolute atomic E-state index is 0.0905. The van der Waals surface area contributed by atoms with Crippen LogP contribution in [0, 0.1) is 17.1 Å². The summed E-state index contributed by atoms with van der Waals surface area (Å²) in [5.74, 6) is -1.51. The van der Waals surface area contributed by atoms with Gasteiger partial charge in [-0.15, -0.1) is 0 Å². The molecule has 1 rings (SSSR count). The van der Waals surface area contributed by atoms with E-state index in [9.17, 15) is 26.3 Å². The quantitative estimate of drug-likeness (QED) is 0.707. The molecule has 0 amide bonds. The lowest BCUT2D eigenvalue weighted by atomic mass is 10.1. The van der Waals surface area contributed by atoms with Crippen LogP contribution in [-0.2, 0) is 6.18 Å². The Balaban J connectivity index is 3.60. The minimum Gasteiger partial charge on any atom is -0.248 e. The van der Waals surface area contributed by atoms with Gasteiger partial charge >= 0.3 is 6.18 Å². The summed E-state index contributed by atoms with van der Waals surface area (Å²) in [5, 5.41) is 8.32. The highest BCUT2D eigenvalue weighted by molar-refractivity contribution is 5.42. The number of hydrogen-bond acceptors (Lipinski definition) is 2. The molecule has 0 aromatic carbocycles. The zero-order valence-electron chi connectivity index (χ0n) is 7.32. The first-order chi connectivity index (χ1) is 7.29. The van der Waals surface area contributed by atoms with Gasteiger partial charge in [0.15, 0.2) is 11.5 Å². The standard InChI is InChI=1S/C8H2F6N2/c9-4-2-16-6(8(12,13)14)5(7(10)11)3(4)1-15/h2,7H. The normalized spacial score (nSPS) is 11.6. The molecule has 0 fully saturated rings. The fourth-order valence-electron chi connectivity index (χ4n) is 1.05. The summed E-state index contributed by atoms with van der Waals surface area (Å²) in [4.78, 5) is 2.55. The van der Waals surface area contributed by atoms with Crippen LogP contribution in [0.5, 0.6) is 0 Å². The molecule has 0 unspecified atom stereocenters. The number of halogens is 6. The van der Waals surface area contributed by atoms with Gasteiger partial charge in [0.2, 0.25) is 0 Å². The van der Waals surface area contributed by atoms with Crippen molar-refractivity contribution >= 4 is 0 Å². The maximum absolute atomic E-state index is 12.8. The molecule has 86 valence electrons. The van der Waals surface area contributed by atoms with E-state index in [-0.39, 0.29) is 6.20 Å². The summed E-state index contributed by atoms with van der Waals surface area (Å²) in [6, 6.07) is 0.963. The molecule has 1 aromatic rings. The van der Waals surface area contributed by atoms with E-state index >= 15 is 0 Å². The van der Waals surface area contributed by atoms with Crippen molar-refractivity contribution in [1.29, 1.82) is 5.26 Å². The molecule has 0 aliphatic heterocycles. The third-order valence-corrected chi connectivity index (χ3v) is 1.67. The van der Waals surface area contributed by atoms with Crippen LogP contribution in [-0.4, -0.2) is 4.98 Å². The van der Waals surface area contributed by atoms with E-state index in [0.717, 1.165) is 6.07 Å². The first kappa shape index (κ1) is 12.3. The van der Waals surface area contributed by atoms with Crippen molar-refractivity contribution in [3.8, 4) is 6.07 Å². The molecule has 0 radical (unpaired) electrons. The molecule has 16 heavy (non-hydrogen) atoms. The zero-order chi connectivity index (χ0) is 12.5. The van der Waals surface area contributed by atoms with Crippen LogP contribution in [0.2, 0.25) is 0 Å². The van der Waals surface area contributed by atoms with Gasteiger partial charge in [0.1, 0.15) is 11.6 Å². The molecule has 0 aliphatic carbocycles. The van der Waals surface area contributed by atoms with Gasteiger partial charge in [0.05, 0.1) is 11.8 Å². The van der Waals surface area contributed by atoms with Gasteiger partial charge in [0.25, 0.3) is 6.43 Å². The molecule has 0 atom stereocenters. The van der Waals surface area contributed by atoms with Crippen LogP contribution in [0.4, 0.5) is 26.3 Å². The first-order valence-corrected chi connectivity index (χ1v) is 3.73. The van der Waals surface area contributed by atoms with Gasteiger partial charge in [0, 0.05) is 0 Å². The monoisotopic (exact) mass is 240 g/mol. The molecule has 1 aromatic heterocycles. The molecular formula is C8H2F6N2. The first-order valence-electron chi connectivity index (χ1n) is 3.73. The fraction of sp³-hybridized carbons (Fsp3) is 0.250. The summed E-state index contributed by atoms with van der Waals surface area (Å²) >= 11 is 0. The second-order valence-corrected chi connectivity index (χ2v) is 2.65. The predicted octanol–water partition coefficient (Wildman–Crippen LogP) is 3.05. The van der Waals surface area contributed by atoms with Crippen LogP contribution >= 0.6 is 0 Å². The Labute approximate surface area is 85.1 Å². The highest BCUT2D eigenvalue weighted by Gasteiger charge is 2.40. The Bertz CT molecular complexity index is 445. The summed E-state index contributed by atoms with van der Waals surface area (Å²) in [6.07, 6.45) is -8.70. The number of rotatable bonds is 1. The molecule has 1 heterocycles.